The van der Waals surface area contributed by atoms with Crippen LogP contribution < -0.4 is 0 Å². The van der Waals surface area contributed by atoms with E-state index in [9.17, 15) is 0 Å². The Morgan fingerprint density at radius 3 is 1.82 bits per heavy atom. The first-order valence-corrected chi connectivity index (χ1v) is 9.73. The topological polar surface area (TPSA) is 15.8 Å². The summed E-state index contributed by atoms with van der Waals surface area (Å²) in [5.41, 5.74) is 8.72. The third-order valence-electron chi connectivity index (χ3n) is 6.10. The number of rotatable bonds is 2. The predicted molar refractivity (Wildman–Crippen MR) is 116 cm³/mol. The van der Waals surface area contributed by atoms with Gasteiger partial charge < -0.3 is 4.98 Å². The lowest BCUT2D eigenvalue weighted by Crippen LogP contribution is -2.28. The number of benzene rings is 4. The summed E-state index contributed by atoms with van der Waals surface area (Å²) in [6, 6.07) is 39.3. The van der Waals surface area contributed by atoms with E-state index in [1.807, 2.05) is 0 Å². The largest absolute Gasteiger partial charge is 0.354 e. The zero-order valence-corrected chi connectivity index (χ0v) is 15.4. The van der Waals surface area contributed by atoms with E-state index >= 15 is 0 Å². The van der Waals surface area contributed by atoms with Crippen LogP contribution in [0, 0.1) is 0 Å². The van der Waals surface area contributed by atoms with Crippen LogP contribution in [0.1, 0.15) is 22.3 Å². The highest BCUT2D eigenvalue weighted by Crippen LogP contribution is 2.57. The highest BCUT2D eigenvalue weighted by Gasteiger charge is 2.48. The van der Waals surface area contributed by atoms with Gasteiger partial charge in [0.1, 0.15) is 0 Å². The molecule has 1 aliphatic carbocycles. The molecule has 28 heavy (non-hydrogen) atoms. The molecule has 0 bridgehead atoms. The van der Waals surface area contributed by atoms with Crippen molar-refractivity contribution in [1.82, 2.24) is 4.98 Å². The number of para-hydroxylation sites is 1. The van der Waals surface area contributed by atoms with E-state index in [1.165, 1.54) is 44.4 Å². The van der Waals surface area contributed by atoms with Crippen LogP contribution in [0.25, 0.3) is 22.2 Å². The maximum Gasteiger partial charge on any atom is 0.0735 e. The number of nitrogens with one attached hydrogen (secondary N) is 1. The van der Waals surface area contributed by atoms with E-state index in [2.05, 4.69) is 114 Å². The molecule has 0 saturated carbocycles. The van der Waals surface area contributed by atoms with E-state index in [0.717, 1.165) is 0 Å². The minimum atomic E-state index is -0.325. The average molecular weight is 357 g/mol. The van der Waals surface area contributed by atoms with Crippen LogP contribution in [-0.2, 0) is 5.41 Å². The molecule has 1 heterocycles. The van der Waals surface area contributed by atoms with Gasteiger partial charge in [0.2, 0.25) is 0 Å². The molecular weight excluding hydrogens is 338 g/mol. The average Bonchev–Trinajstić information content (AvgIpc) is 3.29. The third-order valence-corrected chi connectivity index (χ3v) is 6.10. The standard InChI is InChI=1S/C27H19N/c1-3-11-19(12-4-1)27(20-13-5-2-6-14-20)23-17-9-7-15-21(23)26-25(27)22-16-8-10-18-24(22)28-26/h1-18,28H. The van der Waals surface area contributed by atoms with Crippen molar-refractivity contribution in [3.05, 3.63) is 131 Å². The number of H-pyrrole nitrogens is 1. The summed E-state index contributed by atoms with van der Waals surface area (Å²) < 4.78 is 0. The summed E-state index contributed by atoms with van der Waals surface area (Å²) >= 11 is 0. The van der Waals surface area contributed by atoms with Gasteiger partial charge in [0, 0.05) is 22.0 Å². The molecule has 0 saturated heterocycles. The Hall–Kier alpha value is -3.58. The molecule has 1 N–H and O–H groups in total. The maximum absolute atomic E-state index is 3.73. The third kappa shape index (κ3) is 1.86. The van der Waals surface area contributed by atoms with Crippen LogP contribution in [0.3, 0.4) is 0 Å². The molecule has 1 heteroatoms. The van der Waals surface area contributed by atoms with Gasteiger partial charge in [0.15, 0.2) is 0 Å². The summed E-state index contributed by atoms with van der Waals surface area (Å²) in [6.45, 7) is 0. The van der Waals surface area contributed by atoms with Crippen LogP contribution in [-0.4, -0.2) is 4.98 Å². The molecule has 132 valence electrons. The van der Waals surface area contributed by atoms with Crippen molar-refractivity contribution in [3.63, 3.8) is 0 Å². The van der Waals surface area contributed by atoms with Crippen molar-refractivity contribution < 1.29 is 0 Å². The molecule has 1 nitrogen and oxygen atoms in total. The molecule has 0 fully saturated rings. The van der Waals surface area contributed by atoms with Crippen LogP contribution in [0.15, 0.2) is 109 Å². The summed E-state index contributed by atoms with van der Waals surface area (Å²) in [5, 5.41) is 1.29. The van der Waals surface area contributed by atoms with Crippen molar-refractivity contribution >= 4 is 10.9 Å². The molecule has 0 spiro atoms. The summed E-state index contributed by atoms with van der Waals surface area (Å²) in [6.07, 6.45) is 0. The summed E-state index contributed by atoms with van der Waals surface area (Å²) in [7, 11) is 0. The monoisotopic (exact) mass is 357 g/mol. The second kappa shape index (κ2) is 5.71. The fourth-order valence-electron chi connectivity index (χ4n) is 5.04. The van der Waals surface area contributed by atoms with Crippen molar-refractivity contribution in [2.45, 2.75) is 5.41 Å². The van der Waals surface area contributed by atoms with Crippen molar-refractivity contribution in [3.8, 4) is 11.3 Å². The second-order valence-electron chi connectivity index (χ2n) is 7.45. The number of aromatic amines is 1. The van der Waals surface area contributed by atoms with Crippen LogP contribution in [0.5, 0.6) is 0 Å². The zero-order valence-electron chi connectivity index (χ0n) is 15.4. The lowest BCUT2D eigenvalue weighted by Gasteiger charge is -2.33. The lowest BCUT2D eigenvalue weighted by molar-refractivity contribution is 0.776. The highest BCUT2D eigenvalue weighted by atomic mass is 14.8. The minimum absolute atomic E-state index is 0.325. The maximum atomic E-state index is 3.73. The first-order chi connectivity index (χ1) is 13.9. The van der Waals surface area contributed by atoms with E-state index < -0.39 is 0 Å². The molecular formula is C27H19N. The van der Waals surface area contributed by atoms with Gasteiger partial charge in [-0.1, -0.05) is 103 Å². The van der Waals surface area contributed by atoms with Gasteiger partial charge in [0.05, 0.1) is 11.1 Å². The van der Waals surface area contributed by atoms with Gasteiger partial charge in [-0.15, -0.1) is 0 Å². The Labute approximate surface area is 164 Å². The van der Waals surface area contributed by atoms with Crippen molar-refractivity contribution in [1.29, 1.82) is 0 Å². The van der Waals surface area contributed by atoms with Gasteiger partial charge in [-0.3, -0.25) is 0 Å². The summed E-state index contributed by atoms with van der Waals surface area (Å²) in [4.78, 5) is 3.73. The van der Waals surface area contributed by atoms with E-state index in [-0.39, 0.29) is 5.41 Å². The molecule has 0 atom stereocenters. The quantitative estimate of drug-likeness (QED) is 0.362. The van der Waals surface area contributed by atoms with Gasteiger partial charge in [0.25, 0.3) is 0 Å². The molecule has 0 aliphatic heterocycles. The van der Waals surface area contributed by atoms with E-state index in [0.29, 0.717) is 0 Å². The smallest absolute Gasteiger partial charge is 0.0735 e. The van der Waals surface area contributed by atoms with Crippen molar-refractivity contribution in [2.24, 2.45) is 0 Å². The Balaban J connectivity index is 1.87. The molecule has 1 aliphatic rings. The van der Waals surface area contributed by atoms with Crippen LogP contribution in [0.4, 0.5) is 0 Å². The molecule has 0 unspecified atom stereocenters. The van der Waals surface area contributed by atoms with Gasteiger partial charge in [-0.2, -0.15) is 0 Å². The first kappa shape index (κ1) is 15.5. The fraction of sp³-hybridized carbons (Fsp3) is 0.0370. The van der Waals surface area contributed by atoms with Gasteiger partial charge >= 0.3 is 0 Å². The Morgan fingerprint density at radius 2 is 1.11 bits per heavy atom. The Kier molecular flexibility index (Phi) is 3.15. The van der Waals surface area contributed by atoms with Crippen LogP contribution in [0.2, 0.25) is 0 Å². The molecule has 5 aromatic rings. The van der Waals surface area contributed by atoms with Crippen molar-refractivity contribution in [2.75, 3.05) is 0 Å². The van der Waals surface area contributed by atoms with Crippen LogP contribution >= 0.6 is 0 Å². The first-order valence-electron chi connectivity index (χ1n) is 9.73. The van der Waals surface area contributed by atoms with Gasteiger partial charge in [-0.25, -0.2) is 0 Å². The Morgan fingerprint density at radius 1 is 0.536 bits per heavy atom. The lowest BCUT2D eigenvalue weighted by atomic mass is 9.67. The van der Waals surface area contributed by atoms with E-state index in [1.54, 1.807) is 0 Å². The molecule has 1 aromatic heterocycles. The minimum Gasteiger partial charge on any atom is -0.354 e. The number of fused-ring (bicyclic) bond motifs is 5. The number of hydrogen-bond acceptors (Lipinski definition) is 0. The number of hydrogen-bond donors (Lipinski definition) is 1. The number of aromatic nitrogens is 1. The van der Waals surface area contributed by atoms with E-state index in [4.69, 9.17) is 0 Å². The normalized spacial score (nSPS) is 14.0. The molecule has 0 amide bonds. The second-order valence-corrected chi connectivity index (χ2v) is 7.45. The zero-order chi connectivity index (χ0) is 18.6. The molecule has 4 aromatic carbocycles. The SMILES string of the molecule is c1ccc(C2(c3ccccc3)c3ccccc3-c3[nH]c4ccccc4c32)cc1. The molecule has 0 radical (unpaired) electrons. The van der Waals surface area contributed by atoms with Gasteiger partial charge in [-0.05, 0) is 22.8 Å². The predicted octanol–water partition coefficient (Wildman–Crippen LogP) is 6.53. The fourth-order valence-corrected chi connectivity index (χ4v) is 5.04. The molecule has 6 rings (SSSR count). The Bertz CT molecular complexity index is 1260. The highest BCUT2D eigenvalue weighted by molar-refractivity contribution is 5.99. The summed E-state index contributed by atoms with van der Waals surface area (Å²) in [5.74, 6) is 0.